The fourth-order valence-electron chi connectivity index (χ4n) is 2.79. The van der Waals surface area contributed by atoms with Gasteiger partial charge in [0.25, 0.3) is 5.91 Å². The second-order valence-corrected chi connectivity index (χ2v) is 6.26. The van der Waals surface area contributed by atoms with Gasteiger partial charge in [0.2, 0.25) is 0 Å². The van der Waals surface area contributed by atoms with Crippen LogP contribution in [-0.4, -0.2) is 33.9 Å². The number of aryl methyl sites for hydroxylation is 1. The minimum absolute atomic E-state index is 0.00778. The third kappa shape index (κ3) is 3.86. The third-order valence-corrected chi connectivity index (χ3v) is 4.25. The van der Waals surface area contributed by atoms with Crippen molar-refractivity contribution in [1.29, 1.82) is 0 Å². The van der Waals surface area contributed by atoms with Gasteiger partial charge >= 0.3 is 0 Å². The summed E-state index contributed by atoms with van der Waals surface area (Å²) in [5, 5.41) is 3.23. The summed E-state index contributed by atoms with van der Waals surface area (Å²) in [5.74, 6) is 1.33. The molecule has 1 fully saturated rings. The Bertz CT molecular complexity index is 693. The summed E-state index contributed by atoms with van der Waals surface area (Å²) in [6.45, 7) is 5.89. The van der Waals surface area contributed by atoms with E-state index in [2.05, 4.69) is 22.2 Å². The molecule has 0 unspecified atom stereocenters. The fourth-order valence-corrected chi connectivity index (χ4v) is 2.79. The van der Waals surface area contributed by atoms with Gasteiger partial charge in [-0.25, -0.2) is 9.97 Å². The molecule has 1 aliphatic rings. The Labute approximate surface area is 136 Å². The SMILES string of the molecule is Cc1cccc(Nc2cc(C(=O)N3CCC(C)CC3)ncn2)c1. The fraction of sp³-hybridized carbons (Fsp3) is 0.389. The van der Waals surface area contributed by atoms with Crippen LogP contribution in [0.1, 0.15) is 35.8 Å². The number of carbonyl (C=O) groups is 1. The van der Waals surface area contributed by atoms with E-state index in [4.69, 9.17) is 0 Å². The maximum atomic E-state index is 12.6. The molecule has 1 aromatic heterocycles. The number of hydrogen-bond acceptors (Lipinski definition) is 4. The molecule has 5 heteroatoms. The Morgan fingerprint density at radius 2 is 2.00 bits per heavy atom. The van der Waals surface area contributed by atoms with Crippen LogP contribution in [0.5, 0.6) is 0 Å². The first kappa shape index (κ1) is 15.5. The van der Waals surface area contributed by atoms with Crippen molar-refractivity contribution in [3.05, 3.63) is 47.9 Å². The summed E-state index contributed by atoms with van der Waals surface area (Å²) in [5.41, 5.74) is 2.57. The maximum absolute atomic E-state index is 12.6. The van der Waals surface area contributed by atoms with Crippen LogP contribution in [0, 0.1) is 12.8 Å². The Hall–Kier alpha value is -2.43. The molecule has 1 amide bonds. The summed E-state index contributed by atoms with van der Waals surface area (Å²) in [6.07, 6.45) is 3.56. The topological polar surface area (TPSA) is 58.1 Å². The van der Waals surface area contributed by atoms with Gasteiger partial charge in [0.05, 0.1) is 0 Å². The van der Waals surface area contributed by atoms with Crippen molar-refractivity contribution < 1.29 is 4.79 Å². The van der Waals surface area contributed by atoms with Gasteiger partial charge in [-0.3, -0.25) is 4.79 Å². The highest BCUT2D eigenvalue weighted by molar-refractivity contribution is 5.93. The molecule has 0 spiro atoms. The van der Waals surface area contributed by atoms with Crippen molar-refractivity contribution in [2.75, 3.05) is 18.4 Å². The highest BCUT2D eigenvalue weighted by Crippen LogP contribution is 2.19. The van der Waals surface area contributed by atoms with Crippen molar-refractivity contribution in [1.82, 2.24) is 14.9 Å². The van der Waals surface area contributed by atoms with E-state index in [1.165, 1.54) is 11.9 Å². The number of likely N-dealkylation sites (tertiary alicyclic amines) is 1. The Balaban J connectivity index is 1.73. The van der Waals surface area contributed by atoms with E-state index in [9.17, 15) is 4.79 Å². The summed E-state index contributed by atoms with van der Waals surface area (Å²) < 4.78 is 0. The molecule has 0 atom stereocenters. The number of amides is 1. The lowest BCUT2D eigenvalue weighted by Crippen LogP contribution is -2.38. The first-order valence-corrected chi connectivity index (χ1v) is 8.07. The van der Waals surface area contributed by atoms with Gasteiger partial charge in [-0.2, -0.15) is 0 Å². The smallest absolute Gasteiger partial charge is 0.272 e. The minimum Gasteiger partial charge on any atom is -0.340 e. The Kier molecular flexibility index (Phi) is 4.55. The number of nitrogens with zero attached hydrogens (tertiary/aromatic N) is 3. The summed E-state index contributed by atoms with van der Waals surface area (Å²) in [6, 6.07) is 9.76. The zero-order chi connectivity index (χ0) is 16.2. The van der Waals surface area contributed by atoms with Crippen molar-refractivity contribution in [3.8, 4) is 0 Å². The molecule has 3 rings (SSSR count). The standard InChI is InChI=1S/C18H22N4O/c1-13-6-8-22(9-7-13)18(23)16-11-17(20-12-19-16)21-15-5-3-4-14(2)10-15/h3-5,10-13H,6-9H2,1-2H3,(H,19,20,21). The van der Waals surface area contributed by atoms with E-state index >= 15 is 0 Å². The van der Waals surface area contributed by atoms with Crippen LogP contribution in [0.15, 0.2) is 36.7 Å². The molecule has 2 heterocycles. The van der Waals surface area contributed by atoms with Crippen LogP contribution in [-0.2, 0) is 0 Å². The first-order valence-electron chi connectivity index (χ1n) is 8.07. The van der Waals surface area contributed by atoms with E-state index in [1.807, 2.05) is 36.1 Å². The predicted molar refractivity (Wildman–Crippen MR) is 90.8 cm³/mol. The highest BCUT2D eigenvalue weighted by Gasteiger charge is 2.22. The van der Waals surface area contributed by atoms with E-state index in [0.717, 1.165) is 31.6 Å². The number of benzene rings is 1. The predicted octanol–water partition coefficient (Wildman–Crippen LogP) is 3.40. The molecule has 1 saturated heterocycles. The quantitative estimate of drug-likeness (QED) is 0.944. The minimum atomic E-state index is -0.00778. The normalized spacial score (nSPS) is 15.5. The monoisotopic (exact) mass is 310 g/mol. The van der Waals surface area contributed by atoms with Crippen molar-refractivity contribution in [3.63, 3.8) is 0 Å². The zero-order valence-electron chi connectivity index (χ0n) is 13.6. The number of aromatic nitrogens is 2. The summed E-state index contributed by atoms with van der Waals surface area (Å²) in [7, 11) is 0. The maximum Gasteiger partial charge on any atom is 0.272 e. The van der Waals surface area contributed by atoms with Gasteiger partial charge < -0.3 is 10.2 Å². The molecule has 0 saturated carbocycles. The number of nitrogens with one attached hydrogen (secondary N) is 1. The first-order chi connectivity index (χ1) is 11.1. The van der Waals surface area contributed by atoms with Crippen molar-refractivity contribution in [2.45, 2.75) is 26.7 Å². The van der Waals surface area contributed by atoms with Gasteiger partial charge in [-0.1, -0.05) is 19.1 Å². The number of hydrogen-bond donors (Lipinski definition) is 1. The van der Waals surface area contributed by atoms with Crippen LogP contribution in [0.3, 0.4) is 0 Å². The number of piperidine rings is 1. The Morgan fingerprint density at radius 1 is 1.22 bits per heavy atom. The average Bonchev–Trinajstić information content (AvgIpc) is 2.55. The lowest BCUT2D eigenvalue weighted by molar-refractivity contribution is 0.0691. The Morgan fingerprint density at radius 3 is 2.74 bits per heavy atom. The lowest BCUT2D eigenvalue weighted by atomic mass is 9.99. The molecule has 5 nitrogen and oxygen atoms in total. The third-order valence-electron chi connectivity index (χ3n) is 4.25. The van der Waals surface area contributed by atoms with Gasteiger partial charge in [0, 0.05) is 24.8 Å². The van der Waals surface area contributed by atoms with Crippen LogP contribution in [0.4, 0.5) is 11.5 Å². The molecule has 120 valence electrons. The molecule has 1 aliphatic heterocycles. The number of anilines is 2. The van der Waals surface area contributed by atoms with Crippen molar-refractivity contribution >= 4 is 17.4 Å². The lowest BCUT2D eigenvalue weighted by Gasteiger charge is -2.30. The van der Waals surface area contributed by atoms with Gasteiger partial charge in [-0.15, -0.1) is 0 Å². The van der Waals surface area contributed by atoms with Crippen molar-refractivity contribution in [2.24, 2.45) is 5.92 Å². The second-order valence-electron chi connectivity index (χ2n) is 6.26. The molecular formula is C18H22N4O. The highest BCUT2D eigenvalue weighted by atomic mass is 16.2. The van der Waals surface area contributed by atoms with Gasteiger partial charge in [0.1, 0.15) is 17.8 Å². The van der Waals surface area contributed by atoms with Crippen LogP contribution in [0.2, 0.25) is 0 Å². The number of carbonyl (C=O) groups excluding carboxylic acids is 1. The van der Waals surface area contributed by atoms with Gasteiger partial charge in [0.15, 0.2) is 0 Å². The molecule has 0 aliphatic carbocycles. The summed E-state index contributed by atoms with van der Waals surface area (Å²) >= 11 is 0. The van der Waals surface area contributed by atoms with E-state index in [1.54, 1.807) is 6.07 Å². The molecule has 2 aromatic rings. The molecule has 1 aromatic carbocycles. The molecule has 0 bridgehead atoms. The summed E-state index contributed by atoms with van der Waals surface area (Å²) in [4.78, 5) is 22.8. The van der Waals surface area contributed by atoms with Crippen LogP contribution in [0.25, 0.3) is 0 Å². The van der Waals surface area contributed by atoms with Crippen LogP contribution >= 0.6 is 0 Å². The van der Waals surface area contributed by atoms with Crippen LogP contribution < -0.4 is 5.32 Å². The molecule has 23 heavy (non-hydrogen) atoms. The van der Waals surface area contributed by atoms with Gasteiger partial charge in [-0.05, 0) is 43.4 Å². The number of rotatable bonds is 3. The largest absolute Gasteiger partial charge is 0.340 e. The zero-order valence-corrected chi connectivity index (χ0v) is 13.6. The molecular weight excluding hydrogens is 288 g/mol. The second kappa shape index (κ2) is 6.77. The molecule has 1 N–H and O–H groups in total. The van der Waals surface area contributed by atoms with E-state index < -0.39 is 0 Å². The molecule has 0 radical (unpaired) electrons. The average molecular weight is 310 g/mol. The van der Waals surface area contributed by atoms with E-state index in [-0.39, 0.29) is 5.91 Å². The van der Waals surface area contributed by atoms with E-state index in [0.29, 0.717) is 17.4 Å².